The summed E-state index contributed by atoms with van der Waals surface area (Å²) in [6.45, 7) is 5.55. The molecule has 0 saturated heterocycles. The summed E-state index contributed by atoms with van der Waals surface area (Å²) in [6.07, 6.45) is 0. The molecule has 0 atom stereocenters. The van der Waals surface area contributed by atoms with E-state index >= 15 is 0 Å². The van der Waals surface area contributed by atoms with Crippen molar-refractivity contribution in [2.45, 2.75) is 13.8 Å². The quantitative estimate of drug-likeness (QED) is 0.821. The van der Waals surface area contributed by atoms with Gasteiger partial charge in [-0.05, 0) is 44.2 Å². The number of carbonyl (C=O) groups excluding carboxylic acids is 2. The minimum atomic E-state index is -0.160. The zero-order valence-corrected chi connectivity index (χ0v) is 14.1. The Hall–Kier alpha value is -2.82. The number of rotatable bonds is 7. The van der Waals surface area contributed by atoms with Gasteiger partial charge in [-0.3, -0.25) is 9.59 Å². The van der Waals surface area contributed by atoms with Crippen LogP contribution in [0.1, 0.15) is 24.2 Å². The van der Waals surface area contributed by atoms with Crippen molar-refractivity contribution >= 4 is 23.2 Å². The first-order valence-electron chi connectivity index (χ1n) is 8.12. The van der Waals surface area contributed by atoms with E-state index < -0.39 is 0 Å². The van der Waals surface area contributed by atoms with E-state index in [2.05, 4.69) is 10.6 Å². The minimum Gasteiger partial charge on any atom is -0.376 e. The van der Waals surface area contributed by atoms with E-state index in [1.54, 1.807) is 17.0 Å². The Bertz CT molecular complexity index is 682. The van der Waals surface area contributed by atoms with Gasteiger partial charge in [-0.2, -0.15) is 0 Å². The monoisotopic (exact) mass is 325 g/mol. The van der Waals surface area contributed by atoms with Gasteiger partial charge in [0.25, 0.3) is 5.91 Å². The molecule has 2 aromatic rings. The van der Waals surface area contributed by atoms with Gasteiger partial charge in [0, 0.05) is 30.0 Å². The van der Waals surface area contributed by atoms with Crippen molar-refractivity contribution in [1.29, 1.82) is 0 Å². The zero-order chi connectivity index (χ0) is 17.4. The zero-order valence-electron chi connectivity index (χ0n) is 14.1. The third-order valence-corrected chi connectivity index (χ3v) is 3.72. The number of carbonyl (C=O) groups is 2. The number of likely N-dealkylation sites (N-methyl/N-ethyl adjacent to an activating group) is 1. The summed E-state index contributed by atoms with van der Waals surface area (Å²) >= 11 is 0. The molecular formula is C19H23N3O2. The number of amides is 2. The molecule has 2 aromatic carbocycles. The summed E-state index contributed by atoms with van der Waals surface area (Å²) in [5.41, 5.74) is 2.08. The highest BCUT2D eigenvalue weighted by atomic mass is 16.2. The third-order valence-electron chi connectivity index (χ3n) is 3.72. The van der Waals surface area contributed by atoms with Gasteiger partial charge in [-0.1, -0.05) is 24.3 Å². The van der Waals surface area contributed by atoms with Crippen molar-refractivity contribution < 1.29 is 9.59 Å². The van der Waals surface area contributed by atoms with Crippen LogP contribution >= 0.6 is 0 Å². The summed E-state index contributed by atoms with van der Waals surface area (Å²) < 4.78 is 0. The molecule has 5 heteroatoms. The van der Waals surface area contributed by atoms with Crippen LogP contribution in [-0.4, -0.2) is 36.3 Å². The van der Waals surface area contributed by atoms with Crippen LogP contribution in [0.2, 0.25) is 0 Å². The van der Waals surface area contributed by atoms with E-state index in [0.717, 1.165) is 5.69 Å². The molecule has 5 nitrogen and oxygen atoms in total. The van der Waals surface area contributed by atoms with Crippen LogP contribution in [0.25, 0.3) is 0 Å². The van der Waals surface area contributed by atoms with Gasteiger partial charge in [-0.25, -0.2) is 0 Å². The fourth-order valence-electron chi connectivity index (χ4n) is 2.37. The highest BCUT2D eigenvalue weighted by Crippen LogP contribution is 2.16. The highest BCUT2D eigenvalue weighted by molar-refractivity contribution is 6.04. The molecule has 0 aliphatic rings. The lowest BCUT2D eigenvalue weighted by molar-refractivity contribution is -0.128. The summed E-state index contributed by atoms with van der Waals surface area (Å²) in [5.74, 6) is -0.106. The van der Waals surface area contributed by atoms with Gasteiger partial charge in [0.1, 0.15) is 0 Å². The van der Waals surface area contributed by atoms with Crippen LogP contribution in [0.3, 0.4) is 0 Å². The molecule has 0 bridgehead atoms. The fourth-order valence-corrected chi connectivity index (χ4v) is 2.37. The van der Waals surface area contributed by atoms with E-state index in [9.17, 15) is 9.59 Å². The van der Waals surface area contributed by atoms with Crippen LogP contribution in [0, 0.1) is 0 Å². The summed E-state index contributed by atoms with van der Waals surface area (Å²) in [5, 5.41) is 5.96. The van der Waals surface area contributed by atoms with E-state index in [0.29, 0.717) is 24.3 Å². The Morgan fingerprint density at radius 2 is 1.58 bits per heavy atom. The van der Waals surface area contributed by atoms with Gasteiger partial charge in [0.2, 0.25) is 5.91 Å². The SMILES string of the molecule is CCN(CC)C(=O)CNc1cccc(NC(=O)c2ccccc2)c1. The number of nitrogens with one attached hydrogen (secondary N) is 2. The molecule has 126 valence electrons. The van der Waals surface area contributed by atoms with Crippen molar-refractivity contribution in [1.82, 2.24) is 4.90 Å². The fraction of sp³-hybridized carbons (Fsp3) is 0.263. The van der Waals surface area contributed by atoms with E-state index in [1.165, 1.54) is 0 Å². The Balaban J connectivity index is 1.96. The lowest BCUT2D eigenvalue weighted by atomic mass is 10.2. The lowest BCUT2D eigenvalue weighted by Gasteiger charge is -2.19. The minimum absolute atomic E-state index is 0.0544. The first kappa shape index (κ1) is 17.5. The van der Waals surface area contributed by atoms with Crippen LogP contribution in [0.4, 0.5) is 11.4 Å². The second-order valence-electron chi connectivity index (χ2n) is 5.32. The summed E-state index contributed by atoms with van der Waals surface area (Å²) in [6, 6.07) is 16.4. The van der Waals surface area contributed by atoms with Gasteiger partial charge in [0.15, 0.2) is 0 Å². The number of hydrogen-bond acceptors (Lipinski definition) is 3. The standard InChI is InChI=1S/C19H23N3O2/c1-3-22(4-2)18(23)14-20-16-11-8-12-17(13-16)21-19(24)15-9-6-5-7-10-15/h5-13,20H,3-4,14H2,1-2H3,(H,21,24). The lowest BCUT2D eigenvalue weighted by Crippen LogP contribution is -2.35. The summed E-state index contributed by atoms with van der Waals surface area (Å²) in [7, 11) is 0. The highest BCUT2D eigenvalue weighted by Gasteiger charge is 2.09. The number of benzene rings is 2. The Labute approximate surface area is 142 Å². The van der Waals surface area contributed by atoms with Crippen molar-refractivity contribution in [2.75, 3.05) is 30.3 Å². The predicted octanol–water partition coefficient (Wildman–Crippen LogP) is 3.22. The maximum Gasteiger partial charge on any atom is 0.255 e. The molecule has 0 aliphatic heterocycles. The maximum absolute atomic E-state index is 12.2. The van der Waals surface area contributed by atoms with Gasteiger partial charge in [0.05, 0.1) is 6.54 Å². The Morgan fingerprint density at radius 3 is 2.25 bits per heavy atom. The van der Waals surface area contributed by atoms with E-state index in [1.807, 2.05) is 56.3 Å². The Kier molecular flexibility index (Phi) is 6.37. The molecule has 0 saturated carbocycles. The second kappa shape index (κ2) is 8.72. The third kappa shape index (κ3) is 4.84. The number of nitrogens with zero attached hydrogens (tertiary/aromatic N) is 1. The molecule has 0 unspecified atom stereocenters. The van der Waals surface area contributed by atoms with Crippen LogP contribution in [-0.2, 0) is 4.79 Å². The van der Waals surface area contributed by atoms with Crippen molar-refractivity contribution in [3.8, 4) is 0 Å². The van der Waals surface area contributed by atoms with Gasteiger partial charge in [-0.15, -0.1) is 0 Å². The topological polar surface area (TPSA) is 61.4 Å². The maximum atomic E-state index is 12.2. The van der Waals surface area contributed by atoms with E-state index in [4.69, 9.17) is 0 Å². The second-order valence-corrected chi connectivity index (χ2v) is 5.32. The predicted molar refractivity (Wildman–Crippen MR) is 97.3 cm³/mol. The summed E-state index contributed by atoms with van der Waals surface area (Å²) in [4.78, 5) is 26.0. The van der Waals surface area contributed by atoms with Gasteiger partial charge < -0.3 is 15.5 Å². The van der Waals surface area contributed by atoms with Crippen LogP contribution in [0.5, 0.6) is 0 Å². The molecule has 0 spiro atoms. The van der Waals surface area contributed by atoms with Crippen LogP contribution in [0.15, 0.2) is 54.6 Å². The first-order valence-corrected chi connectivity index (χ1v) is 8.12. The molecule has 2 amide bonds. The molecule has 0 radical (unpaired) electrons. The smallest absolute Gasteiger partial charge is 0.255 e. The average Bonchev–Trinajstić information content (AvgIpc) is 2.62. The number of hydrogen-bond donors (Lipinski definition) is 2. The molecule has 0 aliphatic carbocycles. The van der Waals surface area contributed by atoms with Gasteiger partial charge >= 0.3 is 0 Å². The molecule has 0 aromatic heterocycles. The molecule has 2 rings (SSSR count). The molecular weight excluding hydrogens is 302 g/mol. The molecule has 0 heterocycles. The molecule has 24 heavy (non-hydrogen) atoms. The normalized spacial score (nSPS) is 10.1. The first-order chi connectivity index (χ1) is 11.6. The molecule has 0 fully saturated rings. The van der Waals surface area contributed by atoms with Crippen molar-refractivity contribution in [3.63, 3.8) is 0 Å². The molecule has 2 N–H and O–H groups in total. The Morgan fingerprint density at radius 1 is 0.917 bits per heavy atom. The van der Waals surface area contributed by atoms with Crippen molar-refractivity contribution in [3.05, 3.63) is 60.2 Å². The average molecular weight is 325 g/mol. The van der Waals surface area contributed by atoms with Crippen LogP contribution < -0.4 is 10.6 Å². The number of anilines is 2. The van der Waals surface area contributed by atoms with Crippen molar-refractivity contribution in [2.24, 2.45) is 0 Å². The largest absolute Gasteiger partial charge is 0.376 e. The van der Waals surface area contributed by atoms with E-state index in [-0.39, 0.29) is 18.4 Å².